The molecule has 2 N–H and O–H groups in total. The number of alkyl carbamates (subject to hydrolysis) is 1. The Morgan fingerprint density at radius 2 is 2.18 bits per heavy atom. The first-order valence-corrected chi connectivity index (χ1v) is 8.14. The molecule has 1 aliphatic rings. The first kappa shape index (κ1) is 16.9. The van der Waals surface area contributed by atoms with E-state index < -0.39 is 0 Å². The molecule has 5 nitrogen and oxygen atoms in total. The summed E-state index contributed by atoms with van der Waals surface area (Å²) in [5.74, 6) is 0.791. The van der Waals surface area contributed by atoms with Gasteiger partial charge in [-0.1, -0.05) is 17.7 Å². The lowest BCUT2D eigenvalue weighted by Gasteiger charge is -2.15. The summed E-state index contributed by atoms with van der Waals surface area (Å²) in [6, 6.07) is 3.98. The van der Waals surface area contributed by atoms with Crippen LogP contribution in [-0.2, 0) is 17.6 Å². The monoisotopic (exact) mass is 326 g/mol. The van der Waals surface area contributed by atoms with Crippen molar-refractivity contribution in [2.75, 3.05) is 32.8 Å². The molecule has 1 aromatic rings. The average Bonchev–Trinajstić information content (AvgIpc) is 2.74. The van der Waals surface area contributed by atoms with E-state index in [9.17, 15) is 4.79 Å². The van der Waals surface area contributed by atoms with Gasteiger partial charge in [0.2, 0.25) is 0 Å². The van der Waals surface area contributed by atoms with Crippen LogP contribution in [0, 0.1) is 0 Å². The molecule has 0 aromatic heterocycles. The molecule has 0 unspecified atom stereocenters. The van der Waals surface area contributed by atoms with Crippen LogP contribution < -0.4 is 15.4 Å². The van der Waals surface area contributed by atoms with Gasteiger partial charge in [-0.05, 0) is 50.9 Å². The molecule has 0 saturated heterocycles. The second-order valence-electron chi connectivity index (χ2n) is 5.11. The molecule has 0 aliphatic carbocycles. The van der Waals surface area contributed by atoms with Gasteiger partial charge in [-0.2, -0.15) is 0 Å². The molecule has 1 aliphatic heterocycles. The van der Waals surface area contributed by atoms with Gasteiger partial charge >= 0.3 is 6.09 Å². The highest BCUT2D eigenvalue weighted by Gasteiger charge is 2.15. The third-order valence-corrected chi connectivity index (χ3v) is 3.84. The summed E-state index contributed by atoms with van der Waals surface area (Å²) >= 11 is 6.28. The van der Waals surface area contributed by atoms with Crippen LogP contribution in [0.25, 0.3) is 0 Å². The number of amides is 1. The zero-order chi connectivity index (χ0) is 15.8. The Kier molecular flexibility index (Phi) is 6.80. The van der Waals surface area contributed by atoms with Crippen molar-refractivity contribution in [1.29, 1.82) is 0 Å². The lowest BCUT2D eigenvalue weighted by molar-refractivity contribution is 0.151. The molecule has 1 heterocycles. The van der Waals surface area contributed by atoms with Crippen molar-refractivity contribution in [2.45, 2.75) is 26.2 Å². The van der Waals surface area contributed by atoms with Crippen LogP contribution in [-0.4, -0.2) is 38.9 Å². The zero-order valence-electron chi connectivity index (χ0n) is 12.9. The minimum atomic E-state index is -0.389. The summed E-state index contributed by atoms with van der Waals surface area (Å²) < 4.78 is 10.7. The van der Waals surface area contributed by atoms with Gasteiger partial charge < -0.3 is 20.1 Å². The van der Waals surface area contributed by atoms with E-state index in [-0.39, 0.29) is 6.09 Å². The Hall–Kier alpha value is -1.46. The van der Waals surface area contributed by atoms with Gasteiger partial charge in [0.05, 0.1) is 18.2 Å². The highest BCUT2D eigenvalue weighted by Crippen LogP contribution is 2.32. The van der Waals surface area contributed by atoms with Crippen LogP contribution in [0.3, 0.4) is 0 Å². The molecule has 122 valence electrons. The predicted octanol–water partition coefficient (Wildman–Crippen LogP) is 2.54. The van der Waals surface area contributed by atoms with Gasteiger partial charge in [0.1, 0.15) is 5.75 Å². The maximum atomic E-state index is 11.2. The smallest absolute Gasteiger partial charge is 0.407 e. The SMILES string of the molecule is CCOC(=O)NCCCOc1c(Cl)ccc2c1CCNCC2. The standard InChI is InChI=1S/C16H23ClN2O3/c1-2-21-16(20)19-8-3-11-22-15-13-7-10-18-9-6-12(13)4-5-14(15)17/h4-5,18H,2-3,6-11H2,1H3,(H,19,20). The molecule has 1 aromatic carbocycles. The van der Waals surface area contributed by atoms with Gasteiger partial charge in [0.15, 0.2) is 0 Å². The van der Waals surface area contributed by atoms with Crippen molar-refractivity contribution in [3.63, 3.8) is 0 Å². The Morgan fingerprint density at radius 3 is 3.00 bits per heavy atom. The average molecular weight is 327 g/mol. The summed E-state index contributed by atoms with van der Waals surface area (Å²) in [6.07, 6.45) is 2.23. The number of ether oxygens (including phenoxy) is 2. The van der Waals surface area contributed by atoms with Gasteiger partial charge in [0, 0.05) is 12.1 Å². The van der Waals surface area contributed by atoms with E-state index in [2.05, 4.69) is 16.7 Å². The number of hydrogen-bond donors (Lipinski definition) is 2. The van der Waals surface area contributed by atoms with Crippen LogP contribution in [0.4, 0.5) is 4.79 Å². The minimum Gasteiger partial charge on any atom is -0.492 e. The molecule has 0 spiro atoms. The number of benzene rings is 1. The van der Waals surface area contributed by atoms with E-state index in [1.54, 1.807) is 6.92 Å². The van der Waals surface area contributed by atoms with Gasteiger partial charge in [-0.25, -0.2) is 4.79 Å². The highest BCUT2D eigenvalue weighted by atomic mass is 35.5. The van der Waals surface area contributed by atoms with Crippen LogP contribution in [0.15, 0.2) is 12.1 Å². The molecule has 0 saturated carbocycles. The fourth-order valence-corrected chi connectivity index (χ4v) is 2.72. The van der Waals surface area contributed by atoms with E-state index in [1.165, 1.54) is 11.1 Å². The molecular weight excluding hydrogens is 304 g/mol. The molecular formula is C16H23ClN2O3. The Balaban J connectivity index is 1.86. The fraction of sp³-hybridized carbons (Fsp3) is 0.562. The molecule has 6 heteroatoms. The zero-order valence-corrected chi connectivity index (χ0v) is 13.7. The molecule has 0 bridgehead atoms. The summed E-state index contributed by atoms with van der Waals surface area (Å²) in [7, 11) is 0. The topological polar surface area (TPSA) is 59.6 Å². The normalized spacial score (nSPS) is 13.9. The van der Waals surface area contributed by atoms with Crippen LogP contribution in [0.2, 0.25) is 5.02 Å². The Morgan fingerprint density at radius 1 is 1.36 bits per heavy atom. The Bertz CT molecular complexity index is 508. The molecule has 0 fully saturated rings. The van der Waals surface area contributed by atoms with E-state index in [4.69, 9.17) is 21.1 Å². The van der Waals surface area contributed by atoms with E-state index in [0.29, 0.717) is 31.2 Å². The number of fused-ring (bicyclic) bond motifs is 1. The van der Waals surface area contributed by atoms with Gasteiger partial charge in [0.25, 0.3) is 0 Å². The minimum absolute atomic E-state index is 0.377. The second-order valence-corrected chi connectivity index (χ2v) is 5.52. The highest BCUT2D eigenvalue weighted by molar-refractivity contribution is 6.32. The number of hydrogen-bond acceptors (Lipinski definition) is 4. The Labute approximate surface area is 136 Å². The maximum absolute atomic E-state index is 11.2. The molecule has 0 radical (unpaired) electrons. The van der Waals surface area contributed by atoms with Crippen molar-refractivity contribution >= 4 is 17.7 Å². The van der Waals surface area contributed by atoms with Crippen molar-refractivity contribution < 1.29 is 14.3 Å². The third-order valence-electron chi connectivity index (χ3n) is 3.54. The van der Waals surface area contributed by atoms with Crippen molar-refractivity contribution in [1.82, 2.24) is 10.6 Å². The second kappa shape index (κ2) is 8.86. The lowest BCUT2D eigenvalue weighted by atomic mass is 10.0. The summed E-state index contributed by atoms with van der Waals surface area (Å²) in [6.45, 7) is 5.11. The number of nitrogens with one attached hydrogen (secondary N) is 2. The third kappa shape index (κ3) is 4.78. The number of carbonyl (C=O) groups is 1. The molecule has 2 rings (SSSR count). The summed E-state index contributed by atoms with van der Waals surface area (Å²) in [5.41, 5.74) is 2.50. The maximum Gasteiger partial charge on any atom is 0.407 e. The first-order valence-electron chi connectivity index (χ1n) is 7.76. The van der Waals surface area contributed by atoms with Crippen LogP contribution in [0.1, 0.15) is 24.5 Å². The van der Waals surface area contributed by atoms with Crippen LogP contribution in [0.5, 0.6) is 5.75 Å². The van der Waals surface area contributed by atoms with E-state index in [0.717, 1.165) is 31.7 Å². The molecule has 0 atom stereocenters. The molecule has 1 amide bonds. The number of halogens is 1. The van der Waals surface area contributed by atoms with Crippen LogP contribution >= 0.6 is 11.6 Å². The summed E-state index contributed by atoms with van der Waals surface area (Å²) in [4.78, 5) is 11.2. The van der Waals surface area contributed by atoms with Crippen molar-refractivity contribution in [3.05, 3.63) is 28.3 Å². The summed E-state index contributed by atoms with van der Waals surface area (Å²) in [5, 5.41) is 6.71. The predicted molar refractivity (Wildman–Crippen MR) is 86.9 cm³/mol. The largest absolute Gasteiger partial charge is 0.492 e. The van der Waals surface area contributed by atoms with E-state index in [1.807, 2.05) is 6.07 Å². The van der Waals surface area contributed by atoms with Crippen molar-refractivity contribution in [3.8, 4) is 5.75 Å². The quantitative estimate of drug-likeness (QED) is 0.789. The fourth-order valence-electron chi connectivity index (χ4n) is 2.48. The van der Waals surface area contributed by atoms with Crippen molar-refractivity contribution in [2.24, 2.45) is 0 Å². The van der Waals surface area contributed by atoms with Gasteiger partial charge in [-0.15, -0.1) is 0 Å². The lowest BCUT2D eigenvalue weighted by Crippen LogP contribution is -2.26. The number of carbonyl (C=O) groups excluding carboxylic acids is 1. The van der Waals surface area contributed by atoms with Gasteiger partial charge in [-0.3, -0.25) is 0 Å². The first-order chi connectivity index (χ1) is 10.7. The van der Waals surface area contributed by atoms with E-state index >= 15 is 0 Å². The molecule has 22 heavy (non-hydrogen) atoms. The number of rotatable bonds is 6.